The van der Waals surface area contributed by atoms with E-state index in [1.54, 1.807) is 36.4 Å². The number of thiophene rings is 1. The number of ketones is 1. The van der Waals surface area contributed by atoms with E-state index in [0.717, 1.165) is 16.9 Å². The highest BCUT2D eigenvalue weighted by Gasteiger charge is 2.42. The number of benzene rings is 2. The average molecular weight is 320 g/mol. The van der Waals surface area contributed by atoms with E-state index < -0.39 is 12.0 Å². The van der Waals surface area contributed by atoms with Crippen molar-refractivity contribution in [3.63, 3.8) is 0 Å². The van der Waals surface area contributed by atoms with Crippen LogP contribution in [0.3, 0.4) is 0 Å². The summed E-state index contributed by atoms with van der Waals surface area (Å²) in [4.78, 5) is 11.5. The van der Waals surface area contributed by atoms with E-state index in [-0.39, 0.29) is 4.88 Å². The van der Waals surface area contributed by atoms with Crippen LogP contribution >= 0.6 is 11.3 Å². The zero-order chi connectivity index (χ0) is 15.9. The molecule has 0 aliphatic carbocycles. The van der Waals surface area contributed by atoms with Crippen molar-refractivity contribution in [1.82, 2.24) is 0 Å². The fraction of sp³-hybridized carbons (Fsp3) is 0.118. The molecule has 0 N–H and O–H groups in total. The molecule has 2 aromatic carbocycles. The summed E-state index contributed by atoms with van der Waals surface area (Å²) in [6, 6.07) is 14.1. The van der Waals surface area contributed by atoms with Crippen LogP contribution in [-0.2, 0) is 0 Å². The minimum Gasteiger partial charge on any atom is -0.283 e. The molecule has 3 rings (SSSR count). The zero-order valence-corrected chi connectivity index (χ0v) is 12.4. The Morgan fingerprint density at radius 3 is 2.36 bits per heavy atom. The first-order valence-electron chi connectivity index (χ1n) is 6.58. The number of aryl methyl sites for hydroxylation is 1. The van der Waals surface area contributed by atoms with Crippen LogP contribution in [0.5, 0.6) is 0 Å². The largest absolute Gasteiger partial charge is 0.455 e. The minimum absolute atomic E-state index is 0.251. The summed E-state index contributed by atoms with van der Waals surface area (Å²) in [6.07, 6.45) is -4.88. The summed E-state index contributed by atoms with van der Waals surface area (Å²) in [7, 11) is 0. The molecule has 22 heavy (non-hydrogen) atoms. The predicted octanol–water partition coefficient (Wildman–Crippen LogP) is 5.62. The normalized spacial score (nSPS) is 11.8. The van der Waals surface area contributed by atoms with Gasteiger partial charge in [-0.3, -0.25) is 4.79 Å². The molecule has 112 valence electrons. The van der Waals surface area contributed by atoms with Gasteiger partial charge >= 0.3 is 6.18 Å². The number of hydrogen-bond donors (Lipinski definition) is 0. The molecule has 0 amide bonds. The van der Waals surface area contributed by atoms with Gasteiger partial charge in [-0.25, -0.2) is 0 Å². The number of halogens is 3. The van der Waals surface area contributed by atoms with Crippen molar-refractivity contribution in [3.05, 3.63) is 59.0 Å². The Morgan fingerprint density at radius 1 is 1.05 bits per heavy atom. The van der Waals surface area contributed by atoms with Crippen LogP contribution in [0.1, 0.15) is 15.2 Å². The topological polar surface area (TPSA) is 17.1 Å². The molecule has 0 aliphatic heterocycles. The molecule has 3 aromatic rings. The molecule has 5 heteroatoms. The Balaban J connectivity index is 2.35. The summed E-state index contributed by atoms with van der Waals surface area (Å²) >= 11 is 0.893. The van der Waals surface area contributed by atoms with E-state index in [0.29, 0.717) is 21.2 Å². The molecule has 0 saturated carbocycles. The highest BCUT2D eigenvalue weighted by molar-refractivity contribution is 7.21. The summed E-state index contributed by atoms with van der Waals surface area (Å²) in [5.41, 5.74) is 1.92. The Hall–Kier alpha value is -2.14. The fourth-order valence-electron chi connectivity index (χ4n) is 2.39. The third-order valence-corrected chi connectivity index (χ3v) is 4.54. The molecule has 0 bridgehead atoms. The van der Waals surface area contributed by atoms with E-state index in [9.17, 15) is 18.0 Å². The van der Waals surface area contributed by atoms with Crippen LogP contribution in [0.2, 0.25) is 0 Å². The first kappa shape index (κ1) is 14.8. The van der Waals surface area contributed by atoms with Crippen LogP contribution in [0, 0.1) is 6.92 Å². The predicted molar refractivity (Wildman–Crippen MR) is 82.4 cm³/mol. The Bertz CT molecular complexity index is 847. The van der Waals surface area contributed by atoms with Crippen LogP contribution in [0.25, 0.3) is 21.2 Å². The summed E-state index contributed by atoms with van der Waals surface area (Å²) < 4.78 is 39.4. The van der Waals surface area contributed by atoms with Crippen molar-refractivity contribution >= 4 is 27.2 Å². The second-order valence-electron chi connectivity index (χ2n) is 5.00. The van der Waals surface area contributed by atoms with Crippen LogP contribution in [-0.4, -0.2) is 12.0 Å². The number of rotatable bonds is 2. The number of fused-ring (bicyclic) bond motifs is 1. The maximum Gasteiger partial charge on any atom is 0.455 e. The Labute approximate surface area is 129 Å². The van der Waals surface area contributed by atoms with E-state index in [4.69, 9.17) is 0 Å². The average Bonchev–Trinajstić information content (AvgIpc) is 2.84. The molecule has 0 atom stereocenters. The van der Waals surface area contributed by atoms with Gasteiger partial charge in [-0.05, 0) is 24.6 Å². The molecule has 0 fully saturated rings. The molecular weight excluding hydrogens is 309 g/mol. The van der Waals surface area contributed by atoms with Crippen molar-refractivity contribution < 1.29 is 18.0 Å². The van der Waals surface area contributed by atoms with Crippen LogP contribution < -0.4 is 0 Å². The number of hydrogen-bond acceptors (Lipinski definition) is 2. The van der Waals surface area contributed by atoms with Gasteiger partial charge in [0.2, 0.25) is 0 Å². The second-order valence-corrected chi connectivity index (χ2v) is 6.05. The van der Waals surface area contributed by atoms with Gasteiger partial charge in [0, 0.05) is 15.6 Å². The number of alkyl halides is 3. The fourth-order valence-corrected chi connectivity index (χ4v) is 3.56. The lowest BCUT2D eigenvalue weighted by Gasteiger charge is -2.07. The lowest BCUT2D eigenvalue weighted by atomic mass is 9.99. The van der Waals surface area contributed by atoms with Crippen molar-refractivity contribution in [2.75, 3.05) is 0 Å². The van der Waals surface area contributed by atoms with Gasteiger partial charge < -0.3 is 0 Å². The van der Waals surface area contributed by atoms with E-state index >= 15 is 0 Å². The molecule has 1 nitrogen and oxygen atoms in total. The van der Waals surface area contributed by atoms with Crippen molar-refractivity contribution in [2.45, 2.75) is 13.1 Å². The van der Waals surface area contributed by atoms with E-state index in [2.05, 4.69) is 0 Å². The second kappa shape index (κ2) is 5.25. The maximum absolute atomic E-state index is 12.9. The third-order valence-electron chi connectivity index (χ3n) is 3.37. The van der Waals surface area contributed by atoms with Gasteiger partial charge in [0.15, 0.2) is 0 Å². The zero-order valence-electron chi connectivity index (χ0n) is 11.6. The smallest absolute Gasteiger partial charge is 0.283 e. The molecular formula is C17H11F3OS. The first-order valence-corrected chi connectivity index (χ1v) is 7.39. The summed E-state index contributed by atoms with van der Waals surface area (Å²) in [6.45, 7) is 1.87. The number of carbonyl (C=O) groups is 1. The standard InChI is InChI=1S/C17H11F3OS/c1-10-7-8-13-12(9-10)14(11-5-3-2-4-6-11)15(22-13)16(21)17(18,19)20/h2-9H,1H3. The monoisotopic (exact) mass is 320 g/mol. The van der Waals surface area contributed by atoms with Crippen molar-refractivity contribution in [3.8, 4) is 11.1 Å². The number of carbonyl (C=O) groups excluding carboxylic acids is 1. The first-order chi connectivity index (χ1) is 10.4. The van der Waals surface area contributed by atoms with Gasteiger partial charge in [0.25, 0.3) is 5.78 Å². The molecule has 0 unspecified atom stereocenters. The lowest BCUT2D eigenvalue weighted by Crippen LogP contribution is -2.22. The van der Waals surface area contributed by atoms with Crippen molar-refractivity contribution in [2.24, 2.45) is 0 Å². The molecule has 1 aromatic heterocycles. The molecule has 0 spiro atoms. The van der Waals surface area contributed by atoms with Gasteiger partial charge in [-0.2, -0.15) is 13.2 Å². The van der Waals surface area contributed by atoms with E-state index in [1.165, 1.54) is 0 Å². The summed E-state index contributed by atoms with van der Waals surface area (Å²) in [5, 5.41) is 0.684. The molecule has 0 radical (unpaired) electrons. The SMILES string of the molecule is Cc1ccc2sc(C(=O)C(F)(F)F)c(-c3ccccc3)c2c1. The van der Waals surface area contributed by atoms with Crippen LogP contribution in [0.4, 0.5) is 13.2 Å². The van der Waals surface area contributed by atoms with Gasteiger partial charge in [-0.1, -0.05) is 42.0 Å². The Kier molecular flexibility index (Phi) is 3.53. The maximum atomic E-state index is 12.9. The highest BCUT2D eigenvalue weighted by atomic mass is 32.1. The van der Waals surface area contributed by atoms with Gasteiger partial charge in [0.05, 0.1) is 4.88 Å². The molecule has 0 saturated heterocycles. The minimum atomic E-state index is -4.88. The highest BCUT2D eigenvalue weighted by Crippen LogP contribution is 2.41. The number of Topliss-reactive ketones (excluding diaryl/α,β-unsaturated/α-hetero) is 1. The Morgan fingerprint density at radius 2 is 1.73 bits per heavy atom. The van der Waals surface area contributed by atoms with E-state index in [1.807, 2.05) is 19.1 Å². The quantitative estimate of drug-likeness (QED) is 0.560. The third kappa shape index (κ3) is 2.52. The van der Waals surface area contributed by atoms with Crippen molar-refractivity contribution in [1.29, 1.82) is 0 Å². The van der Waals surface area contributed by atoms with Gasteiger partial charge in [-0.15, -0.1) is 11.3 Å². The van der Waals surface area contributed by atoms with Gasteiger partial charge in [0.1, 0.15) is 0 Å². The van der Waals surface area contributed by atoms with Crippen LogP contribution in [0.15, 0.2) is 48.5 Å². The molecule has 0 aliphatic rings. The molecule has 1 heterocycles. The lowest BCUT2D eigenvalue weighted by molar-refractivity contribution is -0.0882. The summed E-state index contributed by atoms with van der Waals surface area (Å²) in [5.74, 6) is -1.79.